The molecule has 0 aliphatic heterocycles. The molecule has 2 aromatic heterocycles. The van der Waals surface area contributed by atoms with Crippen LogP contribution < -0.4 is 5.56 Å². The number of aromatic nitrogens is 4. The van der Waals surface area contributed by atoms with Crippen molar-refractivity contribution in [2.75, 3.05) is 0 Å². The maximum absolute atomic E-state index is 12.3. The van der Waals surface area contributed by atoms with Crippen LogP contribution in [0.2, 0.25) is 0 Å². The molecule has 0 saturated carbocycles. The van der Waals surface area contributed by atoms with E-state index in [9.17, 15) is 9.59 Å². The molecule has 0 bridgehead atoms. The molecule has 4 aromatic rings. The molecule has 0 radical (unpaired) electrons. The summed E-state index contributed by atoms with van der Waals surface area (Å²) in [6.07, 6.45) is 4.73. The lowest BCUT2D eigenvalue weighted by atomic mass is 10.2. The van der Waals surface area contributed by atoms with Crippen LogP contribution in [-0.4, -0.2) is 25.1 Å². The van der Waals surface area contributed by atoms with Crippen LogP contribution >= 0.6 is 0 Å². The molecular weight excluding hydrogens is 356 g/mol. The molecule has 0 saturated heterocycles. The maximum Gasteiger partial charge on any atom is 0.326 e. The minimum atomic E-state index is -0.507. The number of nitrogens with zero attached hydrogens (tertiary/aromatic N) is 4. The van der Waals surface area contributed by atoms with Crippen molar-refractivity contribution in [2.24, 2.45) is 0 Å². The fourth-order valence-electron chi connectivity index (χ4n) is 3.00. The Bertz CT molecular complexity index is 1160. The Morgan fingerprint density at radius 1 is 1.00 bits per heavy atom. The van der Waals surface area contributed by atoms with Gasteiger partial charge in [-0.15, -0.1) is 0 Å². The van der Waals surface area contributed by atoms with Crippen LogP contribution in [0.4, 0.5) is 0 Å². The fourth-order valence-corrected chi connectivity index (χ4v) is 3.00. The highest BCUT2D eigenvalue weighted by molar-refractivity contribution is 5.77. The summed E-state index contributed by atoms with van der Waals surface area (Å²) in [6.45, 7) is 0.500. The second-order valence-corrected chi connectivity index (χ2v) is 6.29. The third-order valence-electron chi connectivity index (χ3n) is 4.40. The number of benzene rings is 2. The summed E-state index contributed by atoms with van der Waals surface area (Å²) in [4.78, 5) is 32.8. The average Bonchev–Trinajstić information content (AvgIpc) is 3.16. The summed E-state index contributed by atoms with van der Waals surface area (Å²) in [5.74, 6) is 0.136. The second-order valence-electron chi connectivity index (χ2n) is 6.29. The van der Waals surface area contributed by atoms with E-state index in [1.54, 1.807) is 24.4 Å². The number of rotatable bonds is 6. The van der Waals surface area contributed by atoms with Gasteiger partial charge in [-0.25, -0.2) is 9.97 Å². The van der Waals surface area contributed by atoms with Crippen LogP contribution in [-0.2, 0) is 29.2 Å². The van der Waals surface area contributed by atoms with Crippen LogP contribution in [0.25, 0.3) is 11.0 Å². The van der Waals surface area contributed by atoms with Crippen molar-refractivity contribution >= 4 is 17.0 Å². The van der Waals surface area contributed by atoms with Crippen molar-refractivity contribution in [3.8, 4) is 0 Å². The van der Waals surface area contributed by atoms with E-state index in [1.165, 1.54) is 10.8 Å². The average molecular weight is 374 g/mol. The monoisotopic (exact) mass is 374 g/mol. The first-order valence-electron chi connectivity index (χ1n) is 8.85. The van der Waals surface area contributed by atoms with E-state index < -0.39 is 5.97 Å². The van der Waals surface area contributed by atoms with Crippen molar-refractivity contribution in [3.05, 3.63) is 94.9 Å². The molecule has 0 fully saturated rings. The number of para-hydroxylation sites is 2. The van der Waals surface area contributed by atoms with Gasteiger partial charge in [-0.2, -0.15) is 0 Å². The van der Waals surface area contributed by atoms with Crippen LogP contribution in [0.15, 0.2) is 78.0 Å². The molecule has 140 valence electrons. The highest BCUT2D eigenvalue weighted by atomic mass is 16.5. The third-order valence-corrected chi connectivity index (χ3v) is 4.40. The van der Waals surface area contributed by atoms with Crippen LogP contribution in [0.3, 0.4) is 0 Å². The number of carbonyl (C=O) groups is 1. The Morgan fingerprint density at radius 3 is 2.64 bits per heavy atom. The maximum atomic E-state index is 12.3. The van der Waals surface area contributed by atoms with E-state index in [4.69, 9.17) is 4.74 Å². The van der Waals surface area contributed by atoms with Gasteiger partial charge in [0.2, 0.25) is 0 Å². The zero-order chi connectivity index (χ0) is 19.3. The van der Waals surface area contributed by atoms with Gasteiger partial charge in [-0.3, -0.25) is 14.2 Å². The third kappa shape index (κ3) is 3.83. The van der Waals surface area contributed by atoms with Gasteiger partial charge in [0.15, 0.2) is 0 Å². The van der Waals surface area contributed by atoms with E-state index in [0.717, 1.165) is 5.56 Å². The summed E-state index contributed by atoms with van der Waals surface area (Å²) in [6, 6.07) is 17.1. The van der Waals surface area contributed by atoms with Gasteiger partial charge < -0.3 is 9.30 Å². The van der Waals surface area contributed by atoms with E-state index in [2.05, 4.69) is 9.97 Å². The van der Waals surface area contributed by atoms with Gasteiger partial charge in [-0.1, -0.05) is 42.5 Å². The Labute approximate surface area is 160 Å². The van der Waals surface area contributed by atoms with E-state index >= 15 is 0 Å². The van der Waals surface area contributed by atoms with Crippen LogP contribution in [0, 0.1) is 0 Å². The molecule has 0 unspecified atom stereocenters. The lowest BCUT2D eigenvalue weighted by Crippen LogP contribution is -2.26. The number of esters is 1. The Hall–Kier alpha value is -3.74. The first kappa shape index (κ1) is 17.7. The van der Waals surface area contributed by atoms with Crippen molar-refractivity contribution in [3.63, 3.8) is 0 Å². The quantitative estimate of drug-likeness (QED) is 0.484. The molecular formula is C21H18N4O3. The smallest absolute Gasteiger partial charge is 0.326 e. The van der Waals surface area contributed by atoms with Crippen molar-refractivity contribution in [2.45, 2.75) is 19.7 Å². The molecule has 0 amide bonds. The molecule has 0 spiro atoms. The minimum absolute atomic E-state index is 0.0381. The molecule has 2 aromatic carbocycles. The van der Waals surface area contributed by atoms with Gasteiger partial charge in [0, 0.05) is 18.9 Å². The van der Waals surface area contributed by atoms with Gasteiger partial charge in [0.05, 0.1) is 17.2 Å². The molecule has 2 heterocycles. The van der Waals surface area contributed by atoms with Crippen molar-refractivity contribution in [1.29, 1.82) is 0 Å². The molecule has 4 rings (SSSR count). The largest absolute Gasteiger partial charge is 0.456 e. The summed E-state index contributed by atoms with van der Waals surface area (Å²) < 4.78 is 8.66. The normalized spacial score (nSPS) is 10.9. The number of fused-ring (bicyclic) bond motifs is 1. The van der Waals surface area contributed by atoms with Crippen LogP contribution in [0.1, 0.15) is 11.4 Å². The number of hydrogen-bond acceptors (Lipinski definition) is 5. The molecule has 0 aliphatic carbocycles. The SMILES string of the molecule is O=C(Cn1c(=O)cnc2ccccc21)OCc1nccn1Cc1ccccc1. The lowest BCUT2D eigenvalue weighted by Gasteiger charge is -2.11. The molecule has 0 N–H and O–H groups in total. The summed E-state index contributed by atoms with van der Waals surface area (Å²) in [7, 11) is 0. The van der Waals surface area contributed by atoms with Crippen LogP contribution in [0.5, 0.6) is 0 Å². The highest BCUT2D eigenvalue weighted by Crippen LogP contribution is 2.09. The molecule has 7 nitrogen and oxygen atoms in total. The van der Waals surface area contributed by atoms with Crippen molar-refractivity contribution in [1.82, 2.24) is 19.1 Å². The number of imidazole rings is 1. The fraction of sp³-hybridized carbons (Fsp3) is 0.143. The van der Waals surface area contributed by atoms with Crippen molar-refractivity contribution < 1.29 is 9.53 Å². The Balaban J connectivity index is 1.45. The number of carbonyl (C=O) groups excluding carboxylic acids is 1. The summed E-state index contributed by atoms with van der Waals surface area (Å²) >= 11 is 0. The van der Waals surface area contributed by atoms with E-state index in [1.807, 2.05) is 47.2 Å². The van der Waals surface area contributed by atoms with Gasteiger partial charge in [0.1, 0.15) is 19.0 Å². The Morgan fingerprint density at radius 2 is 1.79 bits per heavy atom. The molecule has 0 atom stereocenters. The molecule has 0 aliphatic rings. The number of ether oxygens (including phenoxy) is 1. The van der Waals surface area contributed by atoms with Gasteiger partial charge in [0.25, 0.3) is 5.56 Å². The second kappa shape index (κ2) is 7.87. The minimum Gasteiger partial charge on any atom is -0.456 e. The highest BCUT2D eigenvalue weighted by Gasteiger charge is 2.12. The summed E-state index contributed by atoms with van der Waals surface area (Å²) in [5.41, 5.74) is 2.02. The number of hydrogen-bond donors (Lipinski definition) is 0. The van der Waals surface area contributed by atoms with E-state index in [-0.39, 0.29) is 18.7 Å². The zero-order valence-corrected chi connectivity index (χ0v) is 15.1. The Kier molecular flexibility index (Phi) is 4.97. The predicted molar refractivity (Wildman–Crippen MR) is 104 cm³/mol. The lowest BCUT2D eigenvalue weighted by molar-refractivity contribution is -0.145. The first-order chi connectivity index (χ1) is 13.7. The predicted octanol–water partition coefficient (Wildman–Crippen LogP) is 2.38. The zero-order valence-electron chi connectivity index (χ0n) is 15.1. The molecule has 7 heteroatoms. The first-order valence-corrected chi connectivity index (χ1v) is 8.85. The van der Waals surface area contributed by atoms with E-state index in [0.29, 0.717) is 23.4 Å². The summed E-state index contributed by atoms with van der Waals surface area (Å²) in [5, 5.41) is 0. The molecule has 28 heavy (non-hydrogen) atoms. The van der Waals surface area contributed by atoms with Gasteiger partial charge >= 0.3 is 5.97 Å². The standard InChI is InChI=1S/C21H18N4O3/c26-20-12-23-17-8-4-5-9-18(17)25(20)14-21(27)28-15-19-22-10-11-24(19)13-16-6-2-1-3-7-16/h1-12H,13-15H2. The van der Waals surface area contributed by atoms with Gasteiger partial charge in [-0.05, 0) is 17.7 Å². The topological polar surface area (TPSA) is 79.0 Å².